The molecule has 4 heteroatoms. The Labute approximate surface area is 95.0 Å². The van der Waals surface area contributed by atoms with Crippen molar-refractivity contribution in [2.24, 2.45) is 17.0 Å². The van der Waals surface area contributed by atoms with E-state index in [1.807, 2.05) is 12.4 Å². The predicted molar refractivity (Wildman–Crippen MR) is 60.7 cm³/mol. The summed E-state index contributed by atoms with van der Waals surface area (Å²) in [5, 5.41) is 12.7. The molecule has 1 heterocycles. The van der Waals surface area contributed by atoms with Crippen LogP contribution in [0, 0.1) is 11.8 Å². The number of hydrogen-bond donors (Lipinski definition) is 1. The molecule has 0 amide bonds. The zero-order valence-electron chi connectivity index (χ0n) is 9.50. The number of rotatable bonds is 2. The second kappa shape index (κ2) is 3.61. The summed E-state index contributed by atoms with van der Waals surface area (Å²) in [6.45, 7) is 2.11. The van der Waals surface area contributed by atoms with Gasteiger partial charge in [-0.1, -0.05) is 12.1 Å². The number of aromatic nitrogens is 2. The van der Waals surface area contributed by atoms with Gasteiger partial charge in [-0.05, 0) is 25.2 Å². The van der Waals surface area contributed by atoms with Crippen molar-refractivity contribution in [1.29, 1.82) is 0 Å². The molecule has 1 N–H and O–H groups in total. The lowest BCUT2D eigenvalue weighted by molar-refractivity contribution is 0.306. The first-order valence-electron chi connectivity index (χ1n) is 6.08. The van der Waals surface area contributed by atoms with Crippen LogP contribution in [0.15, 0.2) is 17.5 Å². The third-order valence-electron chi connectivity index (χ3n) is 4.12. The smallest absolute Gasteiger partial charge is 0.108 e. The summed E-state index contributed by atoms with van der Waals surface area (Å²) in [4.78, 5) is 4.36. The SMILES string of the molecule is CCc1nccn1C1/C(=N/O)C2CCC1C2. The predicted octanol–water partition coefficient (Wildman–Crippen LogP) is 2.25. The summed E-state index contributed by atoms with van der Waals surface area (Å²) in [6, 6.07) is 0.265. The Bertz CT molecular complexity index is 424. The van der Waals surface area contributed by atoms with E-state index in [2.05, 4.69) is 21.6 Å². The fourth-order valence-electron chi connectivity index (χ4n) is 3.44. The molecule has 2 saturated carbocycles. The number of imidazole rings is 1. The van der Waals surface area contributed by atoms with E-state index >= 15 is 0 Å². The van der Waals surface area contributed by atoms with E-state index in [9.17, 15) is 5.21 Å². The molecular formula is C12H17N3O. The number of fused-ring (bicyclic) bond motifs is 2. The molecule has 3 atom stereocenters. The maximum absolute atomic E-state index is 9.18. The van der Waals surface area contributed by atoms with Gasteiger partial charge in [0.05, 0.1) is 11.8 Å². The summed E-state index contributed by atoms with van der Waals surface area (Å²) in [5.74, 6) is 2.25. The first-order chi connectivity index (χ1) is 7.85. The van der Waals surface area contributed by atoms with Gasteiger partial charge >= 0.3 is 0 Å². The van der Waals surface area contributed by atoms with Gasteiger partial charge in [-0.2, -0.15) is 0 Å². The van der Waals surface area contributed by atoms with E-state index in [0.29, 0.717) is 11.8 Å². The minimum atomic E-state index is 0.265. The largest absolute Gasteiger partial charge is 0.411 e. The highest BCUT2D eigenvalue weighted by atomic mass is 16.4. The molecular weight excluding hydrogens is 202 g/mol. The molecule has 0 spiro atoms. The first kappa shape index (κ1) is 9.87. The third kappa shape index (κ3) is 1.22. The van der Waals surface area contributed by atoms with E-state index in [1.54, 1.807) is 0 Å². The second-order valence-electron chi connectivity index (χ2n) is 4.84. The topological polar surface area (TPSA) is 50.4 Å². The molecule has 0 radical (unpaired) electrons. The summed E-state index contributed by atoms with van der Waals surface area (Å²) in [6.07, 6.45) is 8.44. The van der Waals surface area contributed by atoms with Gasteiger partial charge in [0.2, 0.25) is 0 Å². The molecule has 1 aromatic heterocycles. The zero-order chi connectivity index (χ0) is 11.1. The fourth-order valence-corrected chi connectivity index (χ4v) is 3.44. The molecule has 2 aliphatic carbocycles. The van der Waals surface area contributed by atoms with Gasteiger partial charge < -0.3 is 9.77 Å². The summed E-state index contributed by atoms with van der Waals surface area (Å²) >= 11 is 0. The molecule has 2 fully saturated rings. The van der Waals surface area contributed by atoms with Crippen molar-refractivity contribution in [1.82, 2.24) is 9.55 Å². The molecule has 2 bridgehead atoms. The molecule has 86 valence electrons. The van der Waals surface area contributed by atoms with Gasteiger partial charge in [0.15, 0.2) is 0 Å². The van der Waals surface area contributed by atoms with Gasteiger partial charge in [-0.15, -0.1) is 0 Å². The van der Waals surface area contributed by atoms with Crippen molar-refractivity contribution >= 4 is 5.71 Å². The minimum Gasteiger partial charge on any atom is -0.411 e. The van der Waals surface area contributed by atoms with Crippen molar-refractivity contribution in [3.8, 4) is 0 Å². The molecule has 0 aromatic carbocycles. The summed E-state index contributed by atoms with van der Waals surface area (Å²) in [5.41, 5.74) is 0.976. The Morgan fingerprint density at radius 2 is 2.44 bits per heavy atom. The van der Waals surface area contributed by atoms with Crippen LogP contribution in [0.2, 0.25) is 0 Å². The standard InChI is InChI=1S/C12H17N3O/c1-2-10-13-5-6-15(10)12-9-4-3-8(7-9)11(12)14-16/h5-6,8-9,12,16H,2-4,7H2,1H3/b14-11+. The van der Waals surface area contributed by atoms with Crippen LogP contribution in [-0.4, -0.2) is 20.5 Å². The quantitative estimate of drug-likeness (QED) is 0.612. The van der Waals surface area contributed by atoms with Crippen LogP contribution in [0.3, 0.4) is 0 Å². The average Bonchev–Trinajstić information content (AvgIpc) is 3.01. The Morgan fingerprint density at radius 3 is 3.19 bits per heavy atom. The fraction of sp³-hybridized carbons (Fsp3) is 0.667. The van der Waals surface area contributed by atoms with Crippen LogP contribution >= 0.6 is 0 Å². The van der Waals surface area contributed by atoms with Crippen LogP contribution < -0.4 is 0 Å². The van der Waals surface area contributed by atoms with Crippen LogP contribution in [0.25, 0.3) is 0 Å². The Hall–Kier alpha value is -1.32. The molecule has 1 aromatic rings. The molecule has 0 saturated heterocycles. The Morgan fingerprint density at radius 1 is 1.56 bits per heavy atom. The second-order valence-corrected chi connectivity index (χ2v) is 4.84. The van der Waals surface area contributed by atoms with Crippen molar-refractivity contribution in [3.63, 3.8) is 0 Å². The van der Waals surface area contributed by atoms with Gasteiger partial charge in [0.1, 0.15) is 5.82 Å². The Kier molecular flexibility index (Phi) is 2.23. The first-order valence-corrected chi connectivity index (χ1v) is 6.08. The van der Waals surface area contributed by atoms with Crippen molar-refractivity contribution in [3.05, 3.63) is 18.2 Å². The van der Waals surface area contributed by atoms with Gasteiger partial charge in [0, 0.05) is 24.7 Å². The minimum absolute atomic E-state index is 0.265. The highest BCUT2D eigenvalue weighted by Gasteiger charge is 2.46. The number of oxime groups is 1. The van der Waals surface area contributed by atoms with Crippen LogP contribution in [0.1, 0.15) is 38.1 Å². The molecule has 3 rings (SSSR count). The third-order valence-corrected chi connectivity index (χ3v) is 4.12. The zero-order valence-corrected chi connectivity index (χ0v) is 9.50. The Balaban J connectivity index is 2.00. The monoisotopic (exact) mass is 219 g/mol. The highest BCUT2D eigenvalue weighted by molar-refractivity contribution is 5.93. The molecule has 4 nitrogen and oxygen atoms in total. The van der Waals surface area contributed by atoms with Gasteiger partial charge in [-0.25, -0.2) is 4.98 Å². The number of nitrogens with zero attached hydrogens (tertiary/aromatic N) is 3. The summed E-state index contributed by atoms with van der Waals surface area (Å²) in [7, 11) is 0. The number of aryl methyl sites for hydroxylation is 1. The van der Waals surface area contributed by atoms with Gasteiger partial charge in [-0.3, -0.25) is 0 Å². The highest BCUT2D eigenvalue weighted by Crippen LogP contribution is 2.49. The summed E-state index contributed by atoms with van der Waals surface area (Å²) < 4.78 is 2.21. The molecule has 3 unspecified atom stereocenters. The van der Waals surface area contributed by atoms with Crippen molar-refractivity contribution < 1.29 is 5.21 Å². The van der Waals surface area contributed by atoms with E-state index in [4.69, 9.17) is 0 Å². The average molecular weight is 219 g/mol. The molecule has 2 aliphatic rings. The van der Waals surface area contributed by atoms with Crippen molar-refractivity contribution in [2.75, 3.05) is 0 Å². The van der Waals surface area contributed by atoms with Crippen molar-refractivity contribution in [2.45, 2.75) is 38.6 Å². The van der Waals surface area contributed by atoms with Crippen LogP contribution in [0.5, 0.6) is 0 Å². The lowest BCUT2D eigenvalue weighted by Gasteiger charge is -2.25. The van der Waals surface area contributed by atoms with Crippen LogP contribution in [-0.2, 0) is 6.42 Å². The molecule has 0 aliphatic heterocycles. The lowest BCUT2D eigenvalue weighted by Crippen LogP contribution is -2.26. The van der Waals surface area contributed by atoms with E-state index in [1.165, 1.54) is 19.3 Å². The maximum atomic E-state index is 9.18. The molecule has 16 heavy (non-hydrogen) atoms. The van der Waals surface area contributed by atoms with E-state index < -0.39 is 0 Å². The van der Waals surface area contributed by atoms with E-state index in [-0.39, 0.29) is 6.04 Å². The van der Waals surface area contributed by atoms with Gasteiger partial charge in [0.25, 0.3) is 0 Å². The lowest BCUT2D eigenvalue weighted by atomic mass is 9.93. The normalized spacial score (nSPS) is 35.1. The number of hydrogen-bond acceptors (Lipinski definition) is 3. The van der Waals surface area contributed by atoms with Crippen LogP contribution in [0.4, 0.5) is 0 Å². The van der Waals surface area contributed by atoms with E-state index in [0.717, 1.165) is 18.0 Å². The maximum Gasteiger partial charge on any atom is 0.108 e.